The second kappa shape index (κ2) is 7.25. The second-order valence-corrected chi connectivity index (χ2v) is 6.20. The van der Waals surface area contributed by atoms with Crippen molar-refractivity contribution in [2.75, 3.05) is 5.73 Å². The van der Waals surface area contributed by atoms with Crippen molar-refractivity contribution in [1.82, 2.24) is 0 Å². The first-order chi connectivity index (χ1) is 11.9. The maximum absolute atomic E-state index is 12.2. The minimum Gasteiger partial charge on any atom is -0.488 e. The van der Waals surface area contributed by atoms with E-state index in [-0.39, 0.29) is 11.9 Å². The first-order valence-electron chi connectivity index (χ1n) is 8.33. The monoisotopic (exact) mass is 351 g/mol. The molecule has 3 nitrogen and oxygen atoms in total. The van der Waals surface area contributed by atoms with Crippen LogP contribution in [0.15, 0.2) is 42.5 Å². The lowest BCUT2D eigenvalue weighted by atomic mass is 9.97. The summed E-state index contributed by atoms with van der Waals surface area (Å²) in [6.45, 7) is 0. The molecular formula is C19H20F3NO2. The van der Waals surface area contributed by atoms with Gasteiger partial charge in [0, 0.05) is 0 Å². The van der Waals surface area contributed by atoms with E-state index < -0.39 is 6.36 Å². The zero-order chi connectivity index (χ0) is 17.9. The van der Waals surface area contributed by atoms with Crippen LogP contribution in [0.25, 0.3) is 11.1 Å². The van der Waals surface area contributed by atoms with Crippen LogP contribution in [0.1, 0.15) is 32.1 Å². The Morgan fingerprint density at radius 3 is 2.12 bits per heavy atom. The average Bonchev–Trinajstić information content (AvgIpc) is 2.57. The molecule has 2 aromatic carbocycles. The number of hydrogen-bond acceptors (Lipinski definition) is 3. The Balaban J connectivity index is 1.71. The van der Waals surface area contributed by atoms with Gasteiger partial charge in [-0.1, -0.05) is 24.6 Å². The Kier molecular flexibility index (Phi) is 5.06. The van der Waals surface area contributed by atoms with Crippen LogP contribution in [0.5, 0.6) is 11.5 Å². The smallest absolute Gasteiger partial charge is 0.488 e. The molecule has 6 heteroatoms. The summed E-state index contributed by atoms with van der Waals surface area (Å²) in [6, 6.07) is 11.2. The van der Waals surface area contributed by atoms with E-state index in [1.54, 1.807) is 18.2 Å². The number of ether oxygens (including phenoxy) is 2. The number of nitrogen functional groups attached to an aromatic ring is 1. The molecule has 0 radical (unpaired) electrons. The number of hydrogen-bond donors (Lipinski definition) is 1. The first-order valence-corrected chi connectivity index (χ1v) is 8.33. The van der Waals surface area contributed by atoms with Crippen LogP contribution in [0.4, 0.5) is 18.9 Å². The van der Waals surface area contributed by atoms with Crippen LogP contribution in [0.3, 0.4) is 0 Å². The van der Waals surface area contributed by atoms with E-state index in [2.05, 4.69) is 4.74 Å². The topological polar surface area (TPSA) is 44.5 Å². The lowest BCUT2D eigenvalue weighted by molar-refractivity contribution is -0.274. The highest BCUT2D eigenvalue weighted by Gasteiger charge is 2.30. The molecule has 1 aliphatic rings. The van der Waals surface area contributed by atoms with Gasteiger partial charge in [-0.3, -0.25) is 0 Å². The third-order valence-electron chi connectivity index (χ3n) is 4.28. The second-order valence-electron chi connectivity index (χ2n) is 6.20. The van der Waals surface area contributed by atoms with Crippen LogP contribution in [-0.4, -0.2) is 12.5 Å². The molecule has 2 aromatic rings. The molecule has 25 heavy (non-hydrogen) atoms. The molecule has 0 saturated heterocycles. The van der Waals surface area contributed by atoms with Gasteiger partial charge in [0.2, 0.25) is 0 Å². The third kappa shape index (κ3) is 4.81. The SMILES string of the molecule is Nc1cc(-c2ccc(OC(F)(F)F)cc2)ccc1OC1CCCCC1. The zero-order valence-corrected chi connectivity index (χ0v) is 13.7. The van der Waals surface area contributed by atoms with E-state index >= 15 is 0 Å². The van der Waals surface area contributed by atoms with Gasteiger partial charge >= 0.3 is 6.36 Å². The Morgan fingerprint density at radius 1 is 0.880 bits per heavy atom. The maximum atomic E-state index is 12.2. The van der Waals surface area contributed by atoms with E-state index in [9.17, 15) is 13.2 Å². The standard InChI is InChI=1S/C19H20F3NO2/c20-19(21,22)25-16-9-6-13(7-10-16)14-8-11-18(17(23)12-14)24-15-4-2-1-3-5-15/h6-12,15H,1-5,23H2. The number of nitrogens with two attached hydrogens (primary N) is 1. The molecule has 0 heterocycles. The molecule has 134 valence electrons. The minimum absolute atomic E-state index is 0.209. The maximum Gasteiger partial charge on any atom is 0.573 e. The lowest BCUT2D eigenvalue weighted by Crippen LogP contribution is -2.20. The molecule has 0 bridgehead atoms. The van der Waals surface area contributed by atoms with Crippen molar-refractivity contribution < 1.29 is 22.6 Å². The van der Waals surface area contributed by atoms with Gasteiger partial charge < -0.3 is 15.2 Å². The van der Waals surface area contributed by atoms with Gasteiger partial charge in [-0.15, -0.1) is 13.2 Å². The van der Waals surface area contributed by atoms with Crippen LogP contribution in [0.2, 0.25) is 0 Å². The van der Waals surface area contributed by atoms with E-state index in [4.69, 9.17) is 10.5 Å². The molecule has 2 N–H and O–H groups in total. The molecule has 3 rings (SSSR count). The van der Waals surface area contributed by atoms with Crippen LogP contribution in [0, 0.1) is 0 Å². The fraction of sp³-hybridized carbons (Fsp3) is 0.368. The molecule has 1 aliphatic carbocycles. The molecule has 0 unspecified atom stereocenters. The summed E-state index contributed by atoms with van der Waals surface area (Å²) in [5, 5.41) is 0. The van der Waals surface area contributed by atoms with Crippen molar-refractivity contribution in [1.29, 1.82) is 0 Å². The van der Waals surface area contributed by atoms with Crippen molar-refractivity contribution in [2.24, 2.45) is 0 Å². The van der Waals surface area contributed by atoms with E-state index in [1.807, 2.05) is 12.1 Å². The van der Waals surface area contributed by atoms with Crippen molar-refractivity contribution in [2.45, 2.75) is 44.6 Å². The molecule has 0 spiro atoms. The Labute approximate surface area is 144 Å². The molecule has 0 aliphatic heterocycles. The predicted octanol–water partition coefficient (Wildman–Crippen LogP) is 5.55. The summed E-state index contributed by atoms with van der Waals surface area (Å²) in [4.78, 5) is 0. The highest BCUT2D eigenvalue weighted by molar-refractivity contribution is 5.71. The van der Waals surface area contributed by atoms with Crippen LogP contribution in [-0.2, 0) is 0 Å². The van der Waals surface area contributed by atoms with Crippen LogP contribution < -0.4 is 15.2 Å². The largest absolute Gasteiger partial charge is 0.573 e. The van der Waals surface area contributed by atoms with E-state index in [0.717, 1.165) is 24.0 Å². The number of anilines is 1. The summed E-state index contributed by atoms with van der Waals surface area (Å²) in [6.07, 6.45) is 1.21. The first kappa shape index (κ1) is 17.5. The predicted molar refractivity (Wildman–Crippen MR) is 90.5 cm³/mol. The van der Waals surface area contributed by atoms with Gasteiger partial charge in [0.15, 0.2) is 0 Å². The van der Waals surface area contributed by atoms with E-state index in [0.29, 0.717) is 11.4 Å². The Hall–Kier alpha value is -2.37. The number of benzene rings is 2. The van der Waals surface area contributed by atoms with Gasteiger partial charge in [0.25, 0.3) is 0 Å². The Morgan fingerprint density at radius 2 is 1.52 bits per heavy atom. The van der Waals surface area contributed by atoms with Gasteiger partial charge in [-0.05, 0) is 61.1 Å². The van der Waals surface area contributed by atoms with Gasteiger partial charge in [-0.25, -0.2) is 0 Å². The van der Waals surface area contributed by atoms with Crippen molar-refractivity contribution >= 4 is 5.69 Å². The minimum atomic E-state index is -4.69. The summed E-state index contributed by atoms with van der Waals surface area (Å²) >= 11 is 0. The lowest BCUT2D eigenvalue weighted by Gasteiger charge is -2.23. The highest BCUT2D eigenvalue weighted by atomic mass is 19.4. The van der Waals surface area contributed by atoms with E-state index in [1.165, 1.54) is 31.4 Å². The number of halogens is 3. The molecule has 1 saturated carbocycles. The molecule has 1 fully saturated rings. The summed E-state index contributed by atoms with van der Waals surface area (Å²) in [7, 11) is 0. The number of rotatable bonds is 4. The van der Waals surface area contributed by atoms with Gasteiger partial charge in [0.05, 0.1) is 11.8 Å². The Bertz CT molecular complexity index is 708. The van der Waals surface area contributed by atoms with Gasteiger partial charge in [0.1, 0.15) is 11.5 Å². The molecular weight excluding hydrogens is 331 g/mol. The highest BCUT2D eigenvalue weighted by Crippen LogP contribution is 2.32. The summed E-state index contributed by atoms with van der Waals surface area (Å²) in [5.41, 5.74) is 8.18. The molecule has 0 atom stereocenters. The fourth-order valence-corrected chi connectivity index (χ4v) is 3.05. The van der Waals surface area contributed by atoms with Crippen molar-refractivity contribution in [3.05, 3.63) is 42.5 Å². The summed E-state index contributed by atoms with van der Waals surface area (Å²) < 4.78 is 46.5. The molecule has 0 aromatic heterocycles. The van der Waals surface area contributed by atoms with Crippen molar-refractivity contribution in [3.63, 3.8) is 0 Å². The zero-order valence-electron chi connectivity index (χ0n) is 13.7. The number of alkyl halides is 3. The molecule has 0 amide bonds. The van der Waals surface area contributed by atoms with Gasteiger partial charge in [-0.2, -0.15) is 0 Å². The summed E-state index contributed by atoms with van der Waals surface area (Å²) in [5.74, 6) is 0.411. The van der Waals surface area contributed by atoms with Crippen LogP contribution >= 0.6 is 0 Å². The fourth-order valence-electron chi connectivity index (χ4n) is 3.05. The van der Waals surface area contributed by atoms with Crippen molar-refractivity contribution in [3.8, 4) is 22.6 Å². The third-order valence-corrected chi connectivity index (χ3v) is 4.28. The average molecular weight is 351 g/mol. The normalized spacial score (nSPS) is 15.8. The quantitative estimate of drug-likeness (QED) is 0.735.